The highest BCUT2D eigenvalue weighted by atomic mass is 16.4. The highest BCUT2D eigenvalue weighted by Crippen LogP contribution is 2.13. The Bertz CT molecular complexity index is 891. The van der Waals surface area contributed by atoms with E-state index in [9.17, 15) is 19.5 Å². The number of rotatable bonds is 4. The summed E-state index contributed by atoms with van der Waals surface area (Å²) in [6.07, 6.45) is 2.05. The second-order valence-electron chi connectivity index (χ2n) is 6.05. The number of nitrogens with zero attached hydrogens (tertiary/aromatic N) is 2. The number of carboxylic acid groups (broad SMARTS) is 1. The number of nitrogens with one attached hydrogen (secondary N) is 1. The van der Waals surface area contributed by atoms with Gasteiger partial charge in [-0.2, -0.15) is 0 Å². The number of likely N-dealkylation sites (tertiary alicyclic amines) is 1. The molecular formula is C17H19N3O4. The van der Waals surface area contributed by atoms with E-state index in [0.29, 0.717) is 5.69 Å². The molecule has 1 aromatic heterocycles. The Labute approximate surface area is 138 Å². The summed E-state index contributed by atoms with van der Waals surface area (Å²) in [5.74, 6) is -1.30. The van der Waals surface area contributed by atoms with Gasteiger partial charge >= 0.3 is 11.7 Å². The summed E-state index contributed by atoms with van der Waals surface area (Å²) in [5.41, 5.74) is -0.184. The number of hydrogen-bond acceptors (Lipinski definition) is 4. The molecule has 3 rings (SSSR count). The van der Waals surface area contributed by atoms with Crippen molar-refractivity contribution in [2.75, 3.05) is 13.1 Å². The molecule has 0 spiro atoms. The first-order chi connectivity index (χ1) is 11.5. The minimum Gasteiger partial charge on any atom is -0.477 e. The molecule has 0 saturated carbocycles. The molecular weight excluding hydrogens is 310 g/mol. The molecule has 126 valence electrons. The van der Waals surface area contributed by atoms with Crippen LogP contribution in [0.25, 0.3) is 5.69 Å². The molecule has 0 bridgehead atoms. The van der Waals surface area contributed by atoms with Gasteiger partial charge in [0.25, 0.3) is 5.56 Å². The molecule has 2 heterocycles. The topological polar surface area (TPSA) is 95.4 Å². The molecule has 2 N–H and O–H groups in total. The van der Waals surface area contributed by atoms with E-state index in [1.54, 1.807) is 18.2 Å². The number of benzene rings is 1. The molecule has 0 unspecified atom stereocenters. The van der Waals surface area contributed by atoms with Gasteiger partial charge in [0.2, 0.25) is 0 Å². The second-order valence-corrected chi connectivity index (χ2v) is 6.05. The Morgan fingerprint density at radius 3 is 2.58 bits per heavy atom. The number of aryl methyl sites for hydroxylation is 1. The summed E-state index contributed by atoms with van der Waals surface area (Å²) in [7, 11) is 0. The molecule has 1 aliphatic rings. The van der Waals surface area contributed by atoms with Crippen molar-refractivity contribution in [3.05, 3.63) is 61.9 Å². The predicted octanol–water partition coefficient (Wildman–Crippen LogP) is 1.13. The second kappa shape index (κ2) is 6.45. The molecule has 2 aromatic rings. The predicted molar refractivity (Wildman–Crippen MR) is 88.9 cm³/mol. The first-order valence-corrected chi connectivity index (χ1v) is 7.88. The van der Waals surface area contributed by atoms with Crippen LogP contribution in [0.4, 0.5) is 0 Å². The van der Waals surface area contributed by atoms with E-state index in [1.807, 2.05) is 17.9 Å². The van der Waals surface area contributed by atoms with Crippen LogP contribution in [0.3, 0.4) is 0 Å². The summed E-state index contributed by atoms with van der Waals surface area (Å²) in [4.78, 5) is 41.0. The highest BCUT2D eigenvalue weighted by Gasteiger charge is 2.23. The van der Waals surface area contributed by atoms with E-state index in [4.69, 9.17) is 0 Å². The van der Waals surface area contributed by atoms with Crippen LogP contribution in [-0.4, -0.2) is 38.6 Å². The van der Waals surface area contributed by atoms with Crippen molar-refractivity contribution in [1.29, 1.82) is 0 Å². The molecule has 7 nitrogen and oxygen atoms in total. The lowest BCUT2D eigenvalue weighted by atomic mass is 10.2. The average Bonchev–Trinajstić information content (AvgIpc) is 3.03. The smallest absolute Gasteiger partial charge is 0.352 e. The zero-order valence-electron chi connectivity index (χ0n) is 13.4. The fourth-order valence-corrected chi connectivity index (χ4v) is 3.07. The zero-order valence-corrected chi connectivity index (χ0v) is 13.4. The number of aromatic carboxylic acids is 1. The Balaban J connectivity index is 2.18. The van der Waals surface area contributed by atoms with Crippen LogP contribution in [0.1, 0.15) is 34.5 Å². The van der Waals surface area contributed by atoms with Gasteiger partial charge in [-0.05, 0) is 50.6 Å². The van der Waals surface area contributed by atoms with Crippen molar-refractivity contribution in [2.24, 2.45) is 0 Å². The number of aromatic nitrogens is 2. The number of carboxylic acids is 1. The van der Waals surface area contributed by atoms with Gasteiger partial charge in [0.15, 0.2) is 0 Å². The van der Waals surface area contributed by atoms with E-state index in [-0.39, 0.29) is 17.8 Å². The first kappa shape index (κ1) is 16.2. The standard InChI is InChI=1S/C17H19N3O4/c1-11-5-4-6-12(9-11)20-15(21)13(10-19-7-2-3-8-19)14(16(22)23)18-17(20)24/h4-6,9H,2-3,7-8,10H2,1H3,(H,18,24)(H,22,23). The third kappa shape index (κ3) is 3.03. The van der Waals surface area contributed by atoms with Gasteiger partial charge < -0.3 is 10.1 Å². The van der Waals surface area contributed by atoms with E-state index in [2.05, 4.69) is 4.98 Å². The number of hydrogen-bond donors (Lipinski definition) is 2. The van der Waals surface area contributed by atoms with E-state index in [1.165, 1.54) is 0 Å². The summed E-state index contributed by atoms with van der Waals surface area (Å²) in [5, 5.41) is 9.36. The third-order valence-electron chi connectivity index (χ3n) is 4.25. The molecule has 0 aliphatic carbocycles. The van der Waals surface area contributed by atoms with Crippen molar-refractivity contribution >= 4 is 5.97 Å². The summed E-state index contributed by atoms with van der Waals surface area (Å²) < 4.78 is 1.00. The lowest BCUT2D eigenvalue weighted by Crippen LogP contribution is -2.40. The van der Waals surface area contributed by atoms with Crippen LogP contribution < -0.4 is 11.2 Å². The number of aromatic amines is 1. The number of carbonyl (C=O) groups is 1. The van der Waals surface area contributed by atoms with Crippen molar-refractivity contribution in [3.8, 4) is 5.69 Å². The molecule has 0 radical (unpaired) electrons. The first-order valence-electron chi connectivity index (χ1n) is 7.88. The average molecular weight is 329 g/mol. The van der Waals surface area contributed by atoms with Crippen LogP contribution in [0, 0.1) is 6.92 Å². The van der Waals surface area contributed by atoms with Crippen molar-refractivity contribution in [2.45, 2.75) is 26.3 Å². The number of H-pyrrole nitrogens is 1. The van der Waals surface area contributed by atoms with Gasteiger partial charge in [0.1, 0.15) is 5.69 Å². The van der Waals surface area contributed by atoms with E-state index in [0.717, 1.165) is 36.1 Å². The largest absolute Gasteiger partial charge is 0.477 e. The molecule has 1 aromatic carbocycles. The van der Waals surface area contributed by atoms with Crippen molar-refractivity contribution in [3.63, 3.8) is 0 Å². The normalized spacial score (nSPS) is 14.9. The maximum atomic E-state index is 12.9. The summed E-state index contributed by atoms with van der Waals surface area (Å²) in [6, 6.07) is 6.99. The molecule has 1 aliphatic heterocycles. The van der Waals surface area contributed by atoms with Crippen LogP contribution in [0.15, 0.2) is 33.9 Å². The lowest BCUT2D eigenvalue weighted by molar-refractivity contribution is 0.0687. The van der Waals surface area contributed by atoms with Crippen molar-refractivity contribution in [1.82, 2.24) is 14.5 Å². The molecule has 1 fully saturated rings. The Morgan fingerprint density at radius 2 is 1.96 bits per heavy atom. The third-order valence-corrected chi connectivity index (χ3v) is 4.25. The monoisotopic (exact) mass is 329 g/mol. The fourth-order valence-electron chi connectivity index (χ4n) is 3.07. The molecule has 7 heteroatoms. The van der Waals surface area contributed by atoms with Crippen LogP contribution in [0.5, 0.6) is 0 Å². The maximum Gasteiger partial charge on any atom is 0.352 e. The highest BCUT2D eigenvalue weighted by molar-refractivity contribution is 5.86. The zero-order chi connectivity index (χ0) is 17.3. The molecule has 0 atom stereocenters. The summed E-state index contributed by atoms with van der Waals surface area (Å²) >= 11 is 0. The Hall–Kier alpha value is -2.67. The Kier molecular flexibility index (Phi) is 4.35. The fraction of sp³-hybridized carbons (Fsp3) is 0.353. The van der Waals surface area contributed by atoms with E-state index < -0.39 is 17.2 Å². The van der Waals surface area contributed by atoms with E-state index >= 15 is 0 Å². The SMILES string of the molecule is Cc1cccc(-n2c(=O)[nH]c(C(=O)O)c(CN3CCCC3)c2=O)c1. The molecule has 24 heavy (non-hydrogen) atoms. The van der Waals surface area contributed by atoms with Gasteiger partial charge in [-0.1, -0.05) is 12.1 Å². The van der Waals surface area contributed by atoms with Gasteiger partial charge in [-0.25, -0.2) is 14.2 Å². The lowest BCUT2D eigenvalue weighted by Gasteiger charge is -2.16. The molecule has 1 saturated heterocycles. The Morgan fingerprint density at radius 1 is 1.25 bits per heavy atom. The quantitative estimate of drug-likeness (QED) is 0.877. The summed E-state index contributed by atoms with van der Waals surface area (Å²) in [6.45, 7) is 3.73. The van der Waals surface area contributed by atoms with Crippen LogP contribution in [-0.2, 0) is 6.54 Å². The van der Waals surface area contributed by atoms with Gasteiger partial charge in [0, 0.05) is 6.54 Å². The maximum absolute atomic E-state index is 12.9. The minimum absolute atomic E-state index is 0.116. The van der Waals surface area contributed by atoms with Gasteiger partial charge in [0.05, 0.1) is 11.3 Å². The van der Waals surface area contributed by atoms with Crippen LogP contribution >= 0.6 is 0 Å². The van der Waals surface area contributed by atoms with Crippen molar-refractivity contribution < 1.29 is 9.90 Å². The minimum atomic E-state index is -1.30. The molecule has 0 amide bonds. The van der Waals surface area contributed by atoms with Crippen LogP contribution in [0.2, 0.25) is 0 Å². The van der Waals surface area contributed by atoms with Gasteiger partial charge in [-0.3, -0.25) is 9.69 Å². The van der Waals surface area contributed by atoms with Gasteiger partial charge in [-0.15, -0.1) is 0 Å².